The molecule has 28 heavy (non-hydrogen) atoms. The molecule has 0 aliphatic carbocycles. The Morgan fingerprint density at radius 2 is 1.96 bits per heavy atom. The number of nitrogens with zero attached hydrogens (tertiary/aromatic N) is 3. The lowest BCUT2D eigenvalue weighted by Gasteiger charge is -2.16. The molecule has 2 aromatic heterocycles. The Morgan fingerprint density at radius 3 is 2.54 bits per heavy atom. The van der Waals surface area contributed by atoms with Crippen LogP contribution in [0.2, 0.25) is 0 Å². The topological polar surface area (TPSA) is 89.3 Å². The second-order valence-corrected chi connectivity index (χ2v) is 8.12. The summed E-state index contributed by atoms with van der Waals surface area (Å²) in [6.07, 6.45) is -3.55. The molecular formula is C16H14F3N3O4S2. The van der Waals surface area contributed by atoms with Gasteiger partial charge in [0, 0.05) is 22.8 Å². The van der Waals surface area contributed by atoms with Crippen molar-refractivity contribution >= 4 is 32.9 Å². The van der Waals surface area contributed by atoms with Gasteiger partial charge in [0.2, 0.25) is 5.82 Å². The van der Waals surface area contributed by atoms with Crippen LogP contribution in [0.1, 0.15) is 11.4 Å². The van der Waals surface area contributed by atoms with Crippen LogP contribution in [-0.4, -0.2) is 39.6 Å². The normalized spacial score (nSPS) is 13.0. The Bertz CT molecular complexity index is 1080. The number of alkyl halides is 3. The third kappa shape index (κ3) is 3.80. The number of hydrogen-bond donors (Lipinski definition) is 0. The number of aromatic nitrogens is 3. The number of methoxy groups -OCH3 is 2. The SMILES string of the molecule is COc1ccc(Cn2c(C(F)(F)F)nc3sc([S+](C)[O-])nc3c2=O)c(OC)c1. The molecule has 0 fully saturated rings. The lowest BCUT2D eigenvalue weighted by Crippen LogP contribution is -2.30. The van der Waals surface area contributed by atoms with Crippen LogP contribution in [0.4, 0.5) is 13.2 Å². The first-order valence-electron chi connectivity index (χ1n) is 7.68. The van der Waals surface area contributed by atoms with Gasteiger partial charge in [-0.05, 0) is 23.5 Å². The van der Waals surface area contributed by atoms with Gasteiger partial charge >= 0.3 is 10.5 Å². The average Bonchev–Trinajstić information content (AvgIpc) is 3.08. The molecule has 0 N–H and O–H groups in total. The predicted octanol–water partition coefficient (Wildman–Crippen LogP) is 2.67. The maximum Gasteiger partial charge on any atom is 0.449 e. The second-order valence-electron chi connectivity index (χ2n) is 5.59. The highest BCUT2D eigenvalue weighted by molar-refractivity contribution is 7.92. The number of rotatable bonds is 5. The summed E-state index contributed by atoms with van der Waals surface area (Å²) < 4.78 is 63.1. The van der Waals surface area contributed by atoms with E-state index in [2.05, 4.69) is 9.97 Å². The molecule has 0 aliphatic heterocycles. The van der Waals surface area contributed by atoms with E-state index in [4.69, 9.17) is 9.47 Å². The molecule has 0 radical (unpaired) electrons. The van der Waals surface area contributed by atoms with E-state index in [0.29, 0.717) is 27.2 Å². The molecule has 0 spiro atoms. The molecule has 3 rings (SSSR count). The lowest BCUT2D eigenvalue weighted by atomic mass is 10.2. The van der Waals surface area contributed by atoms with Crippen molar-refractivity contribution in [3.8, 4) is 11.5 Å². The molecule has 3 aromatic rings. The summed E-state index contributed by atoms with van der Waals surface area (Å²) in [7, 11) is 2.80. The quantitative estimate of drug-likeness (QED) is 0.575. The standard InChI is InChI=1S/C16H14F3N3O4S2/c1-25-9-5-4-8(10(6-9)26-2)7-22-13(23)11-12(21-14(22)16(17,18)19)27-15(20-11)28(3)24/h4-6H,7H2,1-3H3. The summed E-state index contributed by atoms with van der Waals surface area (Å²) in [5, 5.41) is 0. The van der Waals surface area contributed by atoms with Gasteiger partial charge in [-0.15, -0.1) is 0 Å². The average molecular weight is 433 g/mol. The number of benzene rings is 1. The zero-order chi connectivity index (χ0) is 20.6. The van der Waals surface area contributed by atoms with E-state index < -0.39 is 35.3 Å². The van der Waals surface area contributed by atoms with E-state index in [0.717, 1.165) is 0 Å². The highest BCUT2D eigenvalue weighted by atomic mass is 32.2. The minimum Gasteiger partial charge on any atom is -0.610 e. The van der Waals surface area contributed by atoms with Gasteiger partial charge in [-0.25, -0.2) is 4.98 Å². The third-order valence-corrected chi connectivity index (χ3v) is 6.10. The molecule has 1 atom stereocenters. The summed E-state index contributed by atoms with van der Waals surface area (Å²) in [5.41, 5.74) is -0.898. The molecule has 1 unspecified atom stereocenters. The fraction of sp³-hybridized carbons (Fsp3) is 0.312. The van der Waals surface area contributed by atoms with Crippen molar-refractivity contribution in [3.05, 3.63) is 39.9 Å². The van der Waals surface area contributed by atoms with E-state index >= 15 is 0 Å². The van der Waals surface area contributed by atoms with Crippen molar-refractivity contribution in [1.29, 1.82) is 0 Å². The molecule has 150 valence electrons. The molecular weight excluding hydrogens is 419 g/mol. The molecule has 0 aliphatic rings. The van der Waals surface area contributed by atoms with Gasteiger partial charge in [0.05, 0.1) is 20.8 Å². The summed E-state index contributed by atoms with van der Waals surface area (Å²) in [6.45, 7) is -0.439. The third-order valence-electron chi connectivity index (χ3n) is 3.82. The van der Waals surface area contributed by atoms with E-state index in [9.17, 15) is 22.5 Å². The van der Waals surface area contributed by atoms with Gasteiger partial charge in [-0.3, -0.25) is 9.36 Å². The van der Waals surface area contributed by atoms with E-state index in [1.54, 1.807) is 6.07 Å². The molecule has 1 aromatic carbocycles. The Labute approximate surface area is 163 Å². The lowest BCUT2D eigenvalue weighted by molar-refractivity contribution is -0.147. The molecule has 2 heterocycles. The highest BCUT2D eigenvalue weighted by Crippen LogP contribution is 2.32. The number of hydrogen-bond acceptors (Lipinski definition) is 7. The fourth-order valence-corrected chi connectivity index (χ4v) is 4.12. The van der Waals surface area contributed by atoms with Crippen molar-refractivity contribution < 1.29 is 27.2 Å². The predicted molar refractivity (Wildman–Crippen MR) is 97.7 cm³/mol. The van der Waals surface area contributed by atoms with Crippen molar-refractivity contribution in [2.75, 3.05) is 20.5 Å². The number of halogens is 3. The van der Waals surface area contributed by atoms with Crippen LogP contribution in [0.25, 0.3) is 10.3 Å². The van der Waals surface area contributed by atoms with Crippen molar-refractivity contribution in [2.24, 2.45) is 0 Å². The molecule has 0 amide bonds. The van der Waals surface area contributed by atoms with E-state index in [1.807, 2.05) is 0 Å². The minimum atomic E-state index is -4.87. The fourth-order valence-electron chi connectivity index (χ4n) is 2.53. The van der Waals surface area contributed by atoms with Crippen molar-refractivity contribution in [3.63, 3.8) is 0 Å². The molecule has 0 bridgehead atoms. The van der Waals surface area contributed by atoms with Crippen LogP contribution in [0.3, 0.4) is 0 Å². The van der Waals surface area contributed by atoms with E-state index in [1.165, 1.54) is 32.6 Å². The highest BCUT2D eigenvalue weighted by Gasteiger charge is 2.38. The first-order valence-corrected chi connectivity index (χ1v) is 10.1. The Balaban J connectivity index is 2.22. The largest absolute Gasteiger partial charge is 0.610 e. The van der Waals surface area contributed by atoms with E-state index in [-0.39, 0.29) is 20.4 Å². The summed E-state index contributed by atoms with van der Waals surface area (Å²) >= 11 is -0.846. The zero-order valence-electron chi connectivity index (χ0n) is 14.9. The Hall–Kier alpha value is -2.31. The van der Waals surface area contributed by atoms with Crippen molar-refractivity contribution in [2.45, 2.75) is 17.1 Å². The monoisotopic (exact) mass is 433 g/mol. The van der Waals surface area contributed by atoms with Crippen LogP contribution in [0.15, 0.2) is 27.3 Å². The summed E-state index contributed by atoms with van der Waals surface area (Å²) in [5.74, 6) is -0.653. The zero-order valence-corrected chi connectivity index (χ0v) is 16.5. The van der Waals surface area contributed by atoms with Gasteiger partial charge in [0.15, 0.2) is 10.3 Å². The van der Waals surface area contributed by atoms with Crippen molar-refractivity contribution in [1.82, 2.24) is 14.5 Å². The van der Waals surface area contributed by atoms with Crippen LogP contribution in [0, 0.1) is 0 Å². The van der Waals surface area contributed by atoms with Gasteiger partial charge in [0.1, 0.15) is 17.8 Å². The maximum atomic E-state index is 13.6. The first-order chi connectivity index (χ1) is 13.2. The number of thiazole rings is 1. The maximum absolute atomic E-state index is 13.6. The van der Waals surface area contributed by atoms with Gasteiger partial charge < -0.3 is 14.0 Å². The van der Waals surface area contributed by atoms with Gasteiger partial charge in [-0.2, -0.15) is 18.2 Å². The van der Waals surface area contributed by atoms with Gasteiger partial charge in [-0.1, -0.05) is 0 Å². The number of ether oxygens (including phenoxy) is 2. The molecule has 7 nitrogen and oxygen atoms in total. The van der Waals surface area contributed by atoms with Crippen LogP contribution in [0.5, 0.6) is 11.5 Å². The smallest absolute Gasteiger partial charge is 0.449 e. The van der Waals surface area contributed by atoms with Crippen LogP contribution in [-0.2, 0) is 23.9 Å². The minimum absolute atomic E-state index is 0.0347. The summed E-state index contributed by atoms with van der Waals surface area (Å²) in [4.78, 5) is 20.1. The Kier molecular flexibility index (Phi) is 5.55. The van der Waals surface area contributed by atoms with Crippen LogP contribution < -0.4 is 15.0 Å². The van der Waals surface area contributed by atoms with Crippen LogP contribution >= 0.6 is 11.3 Å². The molecule has 0 saturated carbocycles. The second kappa shape index (κ2) is 7.60. The summed E-state index contributed by atoms with van der Waals surface area (Å²) in [6, 6.07) is 4.55. The first kappa shape index (κ1) is 20.4. The van der Waals surface area contributed by atoms with Gasteiger partial charge in [0.25, 0.3) is 5.56 Å². The molecule has 12 heteroatoms. The number of fused-ring (bicyclic) bond motifs is 1. The Morgan fingerprint density at radius 1 is 1.25 bits per heavy atom. The molecule has 0 saturated heterocycles.